The van der Waals surface area contributed by atoms with Gasteiger partial charge in [0.1, 0.15) is 5.58 Å². The van der Waals surface area contributed by atoms with Gasteiger partial charge in [-0.2, -0.15) is 0 Å². The fourth-order valence-electron chi connectivity index (χ4n) is 2.58. The summed E-state index contributed by atoms with van der Waals surface area (Å²) in [5, 5.41) is 0.993. The van der Waals surface area contributed by atoms with E-state index in [-0.39, 0.29) is 11.9 Å². The summed E-state index contributed by atoms with van der Waals surface area (Å²) in [7, 11) is 0. The average molecular weight is 258 g/mol. The molecule has 0 spiro atoms. The van der Waals surface area contributed by atoms with E-state index < -0.39 is 0 Å². The van der Waals surface area contributed by atoms with Crippen molar-refractivity contribution < 1.29 is 13.9 Å². The first-order chi connectivity index (χ1) is 9.22. The summed E-state index contributed by atoms with van der Waals surface area (Å²) < 4.78 is 11.2. The van der Waals surface area contributed by atoms with Crippen LogP contribution in [0, 0.1) is 6.92 Å². The van der Waals surface area contributed by atoms with E-state index in [2.05, 4.69) is 0 Å². The summed E-state index contributed by atoms with van der Waals surface area (Å²) >= 11 is 0. The van der Waals surface area contributed by atoms with E-state index >= 15 is 0 Å². The number of rotatable bonds is 3. The molecule has 1 fully saturated rings. The lowest BCUT2D eigenvalue weighted by atomic mass is 10.0. The van der Waals surface area contributed by atoms with Crippen molar-refractivity contribution in [2.24, 2.45) is 0 Å². The maximum Gasteiger partial charge on any atom is 0.200 e. The number of hydrogen-bond donors (Lipinski definition) is 0. The van der Waals surface area contributed by atoms with Gasteiger partial charge in [-0.1, -0.05) is 11.6 Å². The lowest BCUT2D eigenvalue weighted by Gasteiger charge is -2.21. The molecule has 0 aliphatic carbocycles. The van der Waals surface area contributed by atoms with Crippen molar-refractivity contribution in [3.8, 4) is 0 Å². The topological polar surface area (TPSA) is 39.4 Å². The van der Waals surface area contributed by atoms with Gasteiger partial charge in [0.05, 0.1) is 6.10 Å². The predicted octanol–water partition coefficient (Wildman–Crippen LogP) is 3.88. The van der Waals surface area contributed by atoms with Crippen LogP contribution >= 0.6 is 0 Å². The minimum Gasteiger partial charge on any atom is -0.453 e. The molecule has 1 aromatic carbocycles. The van der Waals surface area contributed by atoms with Crippen LogP contribution in [0.15, 0.2) is 28.7 Å². The molecule has 2 aromatic rings. The second-order valence-corrected chi connectivity index (χ2v) is 5.27. The average Bonchev–Trinajstić information content (AvgIpc) is 2.83. The van der Waals surface area contributed by atoms with E-state index in [4.69, 9.17) is 9.15 Å². The van der Waals surface area contributed by atoms with Gasteiger partial charge in [0.2, 0.25) is 5.78 Å². The minimum atomic E-state index is 0.0424. The molecule has 1 unspecified atom stereocenters. The van der Waals surface area contributed by atoms with E-state index in [1.165, 1.54) is 5.56 Å². The zero-order chi connectivity index (χ0) is 13.2. The second kappa shape index (κ2) is 5.17. The van der Waals surface area contributed by atoms with Crippen molar-refractivity contribution in [3.05, 3.63) is 35.6 Å². The molecule has 2 heterocycles. The van der Waals surface area contributed by atoms with Crippen molar-refractivity contribution in [2.45, 2.75) is 38.7 Å². The molecule has 1 aliphatic heterocycles. The van der Waals surface area contributed by atoms with Crippen LogP contribution < -0.4 is 0 Å². The molecule has 0 radical (unpaired) electrons. The van der Waals surface area contributed by atoms with Gasteiger partial charge >= 0.3 is 0 Å². The Morgan fingerprint density at radius 3 is 3.00 bits per heavy atom. The van der Waals surface area contributed by atoms with Gasteiger partial charge < -0.3 is 9.15 Å². The highest BCUT2D eigenvalue weighted by Crippen LogP contribution is 2.23. The molecule has 100 valence electrons. The highest BCUT2D eigenvalue weighted by molar-refractivity contribution is 5.97. The number of hydrogen-bond acceptors (Lipinski definition) is 3. The van der Waals surface area contributed by atoms with Gasteiger partial charge in [0.15, 0.2) is 5.76 Å². The normalized spacial score (nSPS) is 19.7. The van der Waals surface area contributed by atoms with Crippen LogP contribution in [-0.4, -0.2) is 18.5 Å². The van der Waals surface area contributed by atoms with Crippen LogP contribution in [0.3, 0.4) is 0 Å². The molecule has 0 bridgehead atoms. The Morgan fingerprint density at radius 2 is 2.21 bits per heavy atom. The third-order valence-corrected chi connectivity index (χ3v) is 3.63. The van der Waals surface area contributed by atoms with Crippen LogP contribution in [0.4, 0.5) is 0 Å². The maximum atomic E-state index is 12.2. The molecule has 1 aliphatic rings. The Labute approximate surface area is 112 Å². The Hall–Kier alpha value is -1.61. The Balaban J connectivity index is 1.77. The molecular formula is C16H18O3. The smallest absolute Gasteiger partial charge is 0.200 e. The fourth-order valence-corrected chi connectivity index (χ4v) is 2.58. The van der Waals surface area contributed by atoms with Gasteiger partial charge in [-0.3, -0.25) is 4.79 Å². The summed E-state index contributed by atoms with van der Waals surface area (Å²) in [6.45, 7) is 2.81. The number of carbonyl (C=O) groups excluding carboxylic acids is 1. The number of ketones is 1. The Morgan fingerprint density at radius 1 is 1.32 bits per heavy atom. The van der Waals surface area contributed by atoms with Crippen LogP contribution in [-0.2, 0) is 4.74 Å². The number of benzene rings is 1. The largest absolute Gasteiger partial charge is 0.453 e. The zero-order valence-corrected chi connectivity index (χ0v) is 11.1. The standard InChI is InChI=1S/C16H18O3/c1-11-5-6-15-12(8-11)9-16(19-15)14(17)10-13-4-2-3-7-18-13/h5-6,8-9,13H,2-4,7,10H2,1H3. The number of Topliss-reactive ketones (excluding diaryl/α,β-unsaturated/α-hetero) is 1. The number of aryl methyl sites for hydroxylation is 1. The van der Waals surface area contributed by atoms with Crippen LogP contribution in [0.25, 0.3) is 11.0 Å². The van der Waals surface area contributed by atoms with Crippen LogP contribution in [0.1, 0.15) is 41.8 Å². The van der Waals surface area contributed by atoms with Gasteiger partial charge in [-0.15, -0.1) is 0 Å². The van der Waals surface area contributed by atoms with Crippen molar-refractivity contribution in [1.82, 2.24) is 0 Å². The van der Waals surface area contributed by atoms with E-state index in [1.807, 2.05) is 31.2 Å². The second-order valence-electron chi connectivity index (χ2n) is 5.27. The van der Waals surface area contributed by atoms with Crippen LogP contribution in [0.5, 0.6) is 0 Å². The van der Waals surface area contributed by atoms with Crippen LogP contribution in [0.2, 0.25) is 0 Å². The predicted molar refractivity (Wildman–Crippen MR) is 73.5 cm³/mol. The van der Waals surface area contributed by atoms with E-state index in [0.29, 0.717) is 12.2 Å². The molecule has 3 heteroatoms. The van der Waals surface area contributed by atoms with Gasteiger partial charge in [0, 0.05) is 18.4 Å². The summed E-state index contributed by atoms with van der Waals surface area (Å²) in [5.41, 5.74) is 1.95. The Bertz CT molecular complexity index is 591. The number of furan rings is 1. The van der Waals surface area contributed by atoms with Gasteiger partial charge in [-0.05, 0) is 44.4 Å². The lowest BCUT2D eigenvalue weighted by molar-refractivity contribution is 0.0123. The molecule has 19 heavy (non-hydrogen) atoms. The molecule has 1 atom stereocenters. The molecule has 1 aromatic heterocycles. The van der Waals surface area contributed by atoms with E-state index in [0.717, 1.165) is 36.8 Å². The third kappa shape index (κ3) is 2.71. The van der Waals surface area contributed by atoms with E-state index in [1.54, 1.807) is 0 Å². The maximum absolute atomic E-state index is 12.2. The quantitative estimate of drug-likeness (QED) is 0.784. The number of ether oxygens (including phenoxy) is 1. The first kappa shape index (κ1) is 12.4. The lowest BCUT2D eigenvalue weighted by Crippen LogP contribution is -2.22. The monoisotopic (exact) mass is 258 g/mol. The molecule has 3 nitrogen and oxygen atoms in total. The summed E-state index contributed by atoms with van der Waals surface area (Å²) in [6.07, 6.45) is 3.73. The van der Waals surface area contributed by atoms with Crippen molar-refractivity contribution >= 4 is 16.8 Å². The summed E-state index contributed by atoms with van der Waals surface area (Å²) in [4.78, 5) is 12.2. The highest BCUT2D eigenvalue weighted by atomic mass is 16.5. The highest BCUT2D eigenvalue weighted by Gasteiger charge is 2.20. The van der Waals surface area contributed by atoms with Gasteiger partial charge in [0.25, 0.3) is 0 Å². The number of carbonyl (C=O) groups is 1. The summed E-state index contributed by atoms with van der Waals surface area (Å²) in [5.74, 6) is 0.496. The molecule has 0 saturated carbocycles. The van der Waals surface area contributed by atoms with E-state index in [9.17, 15) is 4.79 Å². The van der Waals surface area contributed by atoms with Gasteiger partial charge in [-0.25, -0.2) is 0 Å². The first-order valence-electron chi connectivity index (χ1n) is 6.87. The SMILES string of the molecule is Cc1ccc2oc(C(=O)CC3CCCCO3)cc2c1. The molecule has 0 amide bonds. The zero-order valence-electron chi connectivity index (χ0n) is 11.1. The fraction of sp³-hybridized carbons (Fsp3) is 0.438. The first-order valence-corrected chi connectivity index (χ1v) is 6.87. The Kier molecular flexibility index (Phi) is 3.38. The third-order valence-electron chi connectivity index (χ3n) is 3.63. The van der Waals surface area contributed by atoms with Crippen molar-refractivity contribution in [3.63, 3.8) is 0 Å². The minimum absolute atomic E-state index is 0.0424. The molecule has 0 N–H and O–H groups in total. The van der Waals surface area contributed by atoms with Crippen molar-refractivity contribution in [2.75, 3.05) is 6.61 Å². The van der Waals surface area contributed by atoms with Crippen molar-refractivity contribution in [1.29, 1.82) is 0 Å². The number of fused-ring (bicyclic) bond motifs is 1. The molecule has 1 saturated heterocycles. The molecular weight excluding hydrogens is 240 g/mol. The molecule has 3 rings (SSSR count). The summed E-state index contributed by atoms with van der Waals surface area (Å²) in [6, 6.07) is 7.78.